The Balaban J connectivity index is 1.19. The summed E-state index contributed by atoms with van der Waals surface area (Å²) in [6.07, 6.45) is 21.2. The number of fused-ring (bicyclic) bond motifs is 1. The molecule has 156 valence electrons. The Kier molecular flexibility index (Phi) is 7.18. The zero-order chi connectivity index (χ0) is 19.3. The lowest BCUT2D eigenvalue weighted by atomic mass is 9.63. The van der Waals surface area contributed by atoms with Crippen LogP contribution in [0.1, 0.15) is 114 Å². The lowest BCUT2D eigenvalue weighted by Crippen LogP contribution is -2.30. The smallest absolute Gasteiger partial charge is 0.0159 e. The first-order valence-corrected chi connectivity index (χ1v) is 12.8. The number of aryl methyl sites for hydroxylation is 1. The van der Waals surface area contributed by atoms with E-state index >= 15 is 0 Å². The Labute approximate surface area is 174 Å². The van der Waals surface area contributed by atoms with Crippen LogP contribution in [0.2, 0.25) is 0 Å². The van der Waals surface area contributed by atoms with Gasteiger partial charge in [0.15, 0.2) is 0 Å². The summed E-state index contributed by atoms with van der Waals surface area (Å²) >= 11 is 0. The fraction of sp³-hybridized carbons (Fsp3) is 0.786. The second-order valence-electron chi connectivity index (χ2n) is 10.9. The van der Waals surface area contributed by atoms with E-state index in [0.717, 1.165) is 35.5 Å². The number of hydrogen-bond acceptors (Lipinski definition) is 0. The third-order valence-corrected chi connectivity index (χ3v) is 8.92. The molecule has 0 N–H and O–H groups in total. The molecule has 0 amide bonds. The molecule has 4 atom stereocenters. The van der Waals surface area contributed by atoms with E-state index < -0.39 is 0 Å². The second-order valence-corrected chi connectivity index (χ2v) is 10.9. The second kappa shape index (κ2) is 9.82. The highest BCUT2D eigenvalue weighted by Crippen LogP contribution is 2.48. The highest BCUT2D eigenvalue weighted by molar-refractivity contribution is 5.25. The maximum atomic E-state index is 2.40. The fourth-order valence-corrected chi connectivity index (χ4v) is 7.08. The number of benzene rings is 1. The van der Waals surface area contributed by atoms with Gasteiger partial charge in [-0.2, -0.15) is 0 Å². The largest absolute Gasteiger partial charge is 0.0654 e. The van der Waals surface area contributed by atoms with Crippen molar-refractivity contribution >= 4 is 0 Å². The molecule has 0 heteroatoms. The van der Waals surface area contributed by atoms with Gasteiger partial charge in [0.1, 0.15) is 0 Å². The number of hydrogen-bond donors (Lipinski definition) is 0. The quantitative estimate of drug-likeness (QED) is 0.463. The molecular weight excluding hydrogens is 336 g/mol. The fourth-order valence-electron chi connectivity index (χ4n) is 7.08. The summed E-state index contributed by atoms with van der Waals surface area (Å²) in [6.45, 7) is 4.56. The average molecular weight is 381 g/mol. The van der Waals surface area contributed by atoms with Gasteiger partial charge in [-0.05, 0) is 80.1 Å². The summed E-state index contributed by atoms with van der Waals surface area (Å²) < 4.78 is 0. The Hall–Kier alpha value is -0.780. The zero-order valence-corrected chi connectivity index (χ0v) is 18.7. The topological polar surface area (TPSA) is 0 Å². The molecule has 4 rings (SSSR count). The first kappa shape index (κ1) is 20.5. The normalized spacial score (nSPS) is 36.1. The highest BCUT2D eigenvalue weighted by atomic mass is 14.4. The van der Waals surface area contributed by atoms with Crippen LogP contribution in [-0.2, 0) is 0 Å². The summed E-state index contributed by atoms with van der Waals surface area (Å²) in [6, 6.07) is 9.44. The third kappa shape index (κ3) is 5.22. The van der Waals surface area contributed by atoms with Gasteiger partial charge in [-0.1, -0.05) is 94.5 Å². The van der Waals surface area contributed by atoms with Crippen LogP contribution in [0.4, 0.5) is 0 Å². The van der Waals surface area contributed by atoms with Gasteiger partial charge in [0.05, 0.1) is 0 Å². The molecule has 3 saturated carbocycles. The molecule has 0 saturated heterocycles. The summed E-state index contributed by atoms with van der Waals surface area (Å²) in [5.74, 6) is 6.13. The van der Waals surface area contributed by atoms with Crippen molar-refractivity contribution in [2.24, 2.45) is 29.6 Å². The van der Waals surface area contributed by atoms with E-state index in [0.29, 0.717) is 0 Å². The summed E-state index contributed by atoms with van der Waals surface area (Å²) in [4.78, 5) is 0. The van der Waals surface area contributed by atoms with E-state index in [1.165, 1.54) is 63.4 Å². The standard InChI is InChI=1S/C28H44/c1-3-4-22-7-9-23(10-8-22)11-12-24-13-16-28-20-27(18-17-26(28)19-24)25-14-5-21(2)6-15-25/h5-6,14-15,22-24,26-28H,3-4,7-13,16-20H2,1-2H3. The molecule has 3 fully saturated rings. The molecule has 0 radical (unpaired) electrons. The van der Waals surface area contributed by atoms with Crippen molar-refractivity contribution < 1.29 is 0 Å². The van der Waals surface area contributed by atoms with E-state index in [2.05, 4.69) is 38.1 Å². The molecule has 0 aromatic heterocycles. The first-order chi connectivity index (χ1) is 13.7. The molecule has 1 aromatic rings. The maximum Gasteiger partial charge on any atom is -0.0159 e. The average Bonchev–Trinajstić information content (AvgIpc) is 2.73. The highest BCUT2D eigenvalue weighted by Gasteiger charge is 2.36. The van der Waals surface area contributed by atoms with E-state index in [4.69, 9.17) is 0 Å². The minimum absolute atomic E-state index is 0.844. The van der Waals surface area contributed by atoms with Crippen molar-refractivity contribution in [3.05, 3.63) is 35.4 Å². The van der Waals surface area contributed by atoms with Crippen LogP contribution in [0, 0.1) is 36.5 Å². The molecular formula is C28H44. The van der Waals surface area contributed by atoms with Gasteiger partial charge >= 0.3 is 0 Å². The SMILES string of the molecule is CCCC1CCC(CCC2CCC3CC(c4ccc(C)cc4)CCC3C2)CC1. The molecule has 28 heavy (non-hydrogen) atoms. The summed E-state index contributed by atoms with van der Waals surface area (Å²) in [5, 5.41) is 0. The third-order valence-electron chi connectivity index (χ3n) is 8.92. The van der Waals surface area contributed by atoms with Crippen LogP contribution in [0.5, 0.6) is 0 Å². The maximum absolute atomic E-state index is 2.40. The molecule has 0 heterocycles. The van der Waals surface area contributed by atoms with Gasteiger partial charge in [0.25, 0.3) is 0 Å². The minimum atomic E-state index is 0.844. The van der Waals surface area contributed by atoms with Crippen LogP contribution in [0.15, 0.2) is 24.3 Å². The Morgan fingerprint density at radius 2 is 1.21 bits per heavy atom. The van der Waals surface area contributed by atoms with Gasteiger partial charge in [-0.3, -0.25) is 0 Å². The van der Waals surface area contributed by atoms with Crippen molar-refractivity contribution in [2.75, 3.05) is 0 Å². The predicted molar refractivity (Wildman–Crippen MR) is 122 cm³/mol. The molecule has 1 aromatic carbocycles. The lowest BCUT2D eigenvalue weighted by molar-refractivity contribution is 0.108. The van der Waals surface area contributed by atoms with E-state index in [1.54, 1.807) is 37.7 Å². The molecule has 0 bridgehead atoms. The van der Waals surface area contributed by atoms with Crippen molar-refractivity contribution in [3.63, 3.8) is 0 Å². The lowest BCUT2D eigenvalue weighted by Gasteiger charge is -2.43. The van der Waals surface area contributed by atoms with Gasteiger partial charge in [0, 0.05) is 0 Å². The van der Waals surface area contributed by atoms with Crippen LogP contribution in [0.25, 0.3) is 0 Å². The van der Waals surface area contributed by atoms with Crippen LogP contribution >= 0.6 is 0 Å². The summed E-state index contributed by atoms with van der Waals surface area (Å²) in [7, 11) is 0. The minimum Gasteiger partial charge on any atom is -0.0654 e. The van der Waals surface area contributed by atoms with Crippen molar-refractivity contribution in [2.45, 2.75) is 110 Å². The molecule has 3 aliphatic rings. The number of rotatable bonds is 6. The Morgan fingerprint density at radius 3 is 1.93 bits per heavy atom. The molecule has 3 aliphatic carbocycles. The van der Waals surface area contributed by atoms with Crippen molar-refractivity contribution in [1.29, 1.82) is 0 Å². The van der Waals surface area contributed by atoms with E-state index in [-0.39, 0.29) is 0 Å². The Morgan fingerprint density at radius 1 is 0.643 bits per heavy atom. The van der Waals surface area contributed by atoms with Crippen LogP contribution in [-0.4, -0.2) is 0 Å². The van der Waals surface area contributed by atoms with Gasteiger partial charge < -0.3 is 0 Å². The molecule has 4 unspecified atom stereocenters. The van der Waals surface area contributed by atoms with E-state index in [1.807, 2.05) is 0 Å². The zero-order valence-electron chi connectivity index (χ0n) is 18.7. The molecule has 0 spiro atoms. The van der Waals surface area contributed by atoms with Crippen LogP contribution in [0.3, 0.4) is 0 Å². The molecule has 0 aliphatic heterocycles. The van der Waals surface area contributed by atoms with Crippen molar-refractivity contribution in [1.82, 2.24) is 0 Å². The predicted octanol–water partition coefficient (Wildman–Crippen LogP) is 8.68. The van der Waals surface area contributed by atoms with Gasteiger partial charge in [-0.15, -0.1) is 0 Å². The molecule has 0 nitrogen and oxygen atoms in total. The summed E-state index contributed by atoms with van der Waals surface area (Å²) in [5.41, 5.74) is 3.02. The van der Waals surface area contributed by atoms with Crippen LogP contribution < -0.4 is 0 Å². The Bertz CT molecular complexity index is 577. The van der Waals surface area contributed by atoms with Gasteiger partial charge in [0.2, 0.25) is 0 Å². The van der Waals surface area contributed by atoms with Crippen molar-refractivity contribution in [3.8, 4) is 0 Å². The van der Waals surface area contributed by atoms with Gasteiger partial charge in [-0.25, -0.2) is 0 Å². The first-order valence-electron chi connectivity index (χ1n) is 12.8. The van der Waals surface area contributed by atoms with E-state index in [9.17, 15) is 0 Å². The monoisotopic (exact) mass is 380 g/mol.